The van der Waals surface area contributed by atoms with E-state index in [0.717, 1.165) is 22.4 Å². The Morgan fingerprint density at radius 1 is 1.17 bits per heavy atom. The van der Waals surface area contributed by atoms with Crippen LogP contribution in [0.1, 0.15) is 29.3 Å². The van der Waals surface area contributed by atoms with Gasteiger partial charge in [-0.2, -0.15) is 0 Å². The fraction of sp³-hybridized carbons (Fsp3) is 0.227. The van der Waals surface area contributed by atoms with Crippen LogP contribution >= 0.6 is 22.9 Å². The second kappa shape index (κ2) is 9.20. The molecule has 0 bridgehead atoms. The molecule has 0 N–H and O–H groups in total. The van der Waals surface area contributed by atoms with Gasteiger partial charge in [0.1, 0.15) is 6.61 Å². The fourth-order valence-corrected chi connectivity index (χ4v) is 4.00. The lowest BCUT2D eigenvalue weighted by atomic mass is 10.1. The molecule has 1 aromatic heterocycles. The summed E-state index contributed by atoms with van der Waals surface area (Å²) in [5, 5.41) is 2.87. The molecule has 0 fully saturated rings. The summed E-state index contributed by atoms with van der Waals surface area (Å²) in [5.74, 6) is -0.515. The fourth-order valence-electron chi connectivity index (χ4n) is 2.93. The molecule has 0 saturated heterocycles. The van der Waals surface area contributed by atoms with Crippen LogP contribution in [0.5, 0.6) is 0 Å². The van der Waals surface area contributed by atoms with Gasteiger partial charge in [-0.1, -0.05) is 47.5 Å². The highest BCUT2D eigenvalue weighted by atomic mass is 35.5. The molecule has 1 heterocycles. The Morgan fingerprint density at radius 3 is 2.62 bits per heavy atom. The Bertz CT molecular complexity index is 1050. The first kappa shape index (κ1) is 21.0. The predicted molar refractivity (Wildman–Crippen MR) is 116 cm³/mol. The first-order valence-corrected chi connectivity index (χ1v) is 10.3. The van der Waals surface area contributed by atoms with Crippen molar-refractivity contribution in [3.05, 3.63) is 75.3 Å². The molecule has 0 aliphatic rings. The number of esters is 1. The van der Waals surface area contributed by atoms with Gasteiger partial charge in [-0.25, -0.2) is 4.98 Å². The summed E-state index contributed by atoms with van der Waals surface area (Å²) in [4.78, 5) is 30.5. The number of aromatic nitrogens is 1. The summed E-state index contributed by atoms with van der Waals surface area (Å²) in [6.07, 6.45) is 0.0960. The third kappa shape index (κ3) is 5.22. The average molecular weight is 429 g/mol. The predicted octanol–water partition coefficient (Wildman–Crippen LogP) is 5.38. The van der Waals surface area contributed by atoms with Crippen molar-refractivity contribution in [2.45, 2.75) is 33.8 Å². The minimum Gasteiger partial charge on any atom is -0.459 e. The topological polar surface area (TPSA) is 59.5 Å². The summed E-state index contributed by atoms with van der Waals surface area (Å²) < 4.78 is 5.33. The SMILES string of the molecule is CC(=O)N(c1nc(COC(=O)Cc2ccccc2Cl)cs1)c1ccc(C)cc1C. The number of nitrogens with zero attached hydrogens (tertiary/aromatic N) is 2. The molecule has 0 unspecified atom stereocenters. The van der Waals surface area contributed by atoms with Gasteiger partial charge in [-0.15, -0.1) is 11.3 Å². The summed E-state index contributed by atoms with van der Waals surface area (Å²) in [6.45, 7) is 5.51. The van der Waals surface area contributed by atoms with E-state index in [9.17, 15) is 9.59 Å². The molecule has 150 valence electrons. The summed E-state index contributed by atoms with van der Waals surface area (Å²) >= 11 is 7.41. The molecule has 1 amide bonds. The quantitative estimate of drug-likeness (QED) is 0.494. The number of halogens is 1. The van der Waals surface area contributed by atoms with E-state index >= 15 is 0 Å². The lowest BCUT2D eigenvalue weighted by Gasteiger charge is -2.20. The standard InChI is InChI=1S/C22H21ClN2O3S/c1-14-8-9-20(15(2)10-14)25(16(3)26)22-24-18(13-29-22)12-28-21(27)11-17-6-4-5-7-19(17)23/h4-10,13H,11-12H2,1-3H3. The average Bonchev–Trinajstić information content (AvgIpc) is 3.12. The van der Waals surface area contributed by atoms with Crippen LogP contribution in [0, 0.1) is 13.8 Å². The molecular formula is C22H21ClN2O3S. The van der Waals surface area contributed by atoms with E-state index in [0.29, 0.717) is 15.8 Å². The Labute approximate surface area is 178 Å². The first-order chi connectivity index (χ1) is 13.8. The number of hydrogen-bond donors (Lipinski definition) is 0. The van der Waals surface area contributed by atoms with Crippen molar-refractivity contribution in [2.75, 3.05) is 4.90 Å². The number of thiazole rings is 1. The highest BCUT2D eigenvalue weighted by Crippen LogP contribution is 2.32. The van der Waals surface area contributed by atoms with Gasteiger partial charge in [-0.05, 0) is 37.1 Å². The lowest BCUT2D eigenvalue weighted by molar-refractivity contribution is -0.144. The van der Waals surface area contributed by atoms with Crippen LogP contribution in [0.4, 0.5) is 10.8 Å². The Hall–Kier alpha value is -2.70. The van der Waals surface area contributed by atoms with E-state index < -0.39 is 0 Å². The van der Waals surface area contributed by atoms with E-state index in [4.69, 9.17) is 16.3 Å². The van der Waals surface area contributed by atoms with E-state index in [1.54, 1.807) is 22.4 Å². The van der Waals surface area contributed by atoms with Crippen molar-refractivity contribution in [3.8, 4) is 0 Å². The van der Waals surface area contributed by atoms with Gasteiger partial charge >= 0.3 is 5.97 Å². The number of amides is 1. The summed E-state index contributed by atoms with van der Waals surface area (Å²) in [7, 11) is 0. The Kier molecular flexibility index (Phi) is 6.67. The van der Waals surface area contributed by atoms with E-state index in [2.05, 4.69) is 4.98 Å². The van der Waals surface area contributed by atoms with Crippen molar-refractivity contribution in [2.24, 2.45) is 0 Å². The van der Waals surface area contributed by atoms with Gasteiger partial charge in [0.05, 0.1) is 17.8 Å². The van der Waals surface area contributed by atoms with Gasteiger partial charge in [0.2, 0.25) is 5.91 Å². The van der Waals surface area contributed by atoms with Crippen LogP contribution in [-0.4, -0.2) is 16.9 Å². The highest BCUT2D eigenvalue weighted by molar-refractivity contribution is 7.14. The molecule has 3 aromatic rings. The molecule has 3 rings (SSSR count). The van der Waals surface area contributed by atoms with Crippen LogP contribution in [0.15, 0.2) is 47.8 Å². The number of hydrogen-bond acceptors (Lipinski definition) is 5. The minimum atomic E-state index is -0.384. The second-order valence-electron chi connectivity index (χ2n) is 6.69. The molecule has 7 heteroatoms. The highest BCUT2D eigenvalue weighted by Gasteiger charge is 2.20. The normalized spacial score (nSPS) is 10.6. The molecule has 29 heavy (non-hydrogen) atoms. The summed E-state index contributed by atoms with van der Waals surface area (Å²) in [6, 6.07) is 13.1. The number of carbonyl (C=O) groups is 2. The number of ether oxygens (including phenoxy) is 1. The van der Waals surface area contributed by atoms with Crippen molar-refractivity contribution in [3.63, 3.8) is 0 Å². The largest absolute Gasteiger partial charge is 0.459 e. The van der Waals surface area contributed by atoms with Crippen molar-refractivity contribution < 1.29 is 14.3 Å². The van der Waals surface area contributed by atoms with Gasteiger partial charge in [-0.3, -0.25) is 14.5 Å². The zero-order chi connectivity index (χ0) is 21.0. The lowest BCUT2D eigenvalue weighted by Crippen LogP contribution is -2.23. The zero-order valence-electron chi connectivity index (χ0n) is 16.4. The molecule has 0 aliphatic heterocycles. The monoisotopic (exact) mass is 428 g/mol. The van der Waals surface area contributed by atoms with Gasteiger partial charge in [0.25, 0.3) is 0 Å². The van der Waals surface area contributed by atoms with Crippen LogP contribution in [0.3, 0.4) is 0 Å². The Balaban J connectivity index is 1.69. The van der Waals surface area contributed by atoms with Crippen molar-refractivity contribution in [1.29, 1.82) is 0 Å². The van der Waals surface area contributed by atoms with Crippen LogP contribution in [-0.2, 0) is 27.4 Å². The Morgan fingerprint density at radius 2 is 1.93 bits per heavy atom. The van der Waals surface area contributed by atoms with E-state index in [1.165, 1.54) is 18.3 Å². The number of anilines is 2. The first-order valence-electron chi connectivity index (χ1n) is 9.06. The molecule has 0 radical (unpaired) electrons. The molecule has 2 aromatic carbocycles. The van der Waals surface area contributed by atoms with Gasteiger partial charge in [0, 0.05) is 17.3 Å². The van der Waals surface area contributed by atoms with Gasteiger partial charge < -0.3 is 4.74 Å². The number of rotatable bonds is 6. The molecule has 0 aliphatic carbocycles. The maximum atomic E-state index is 12.3. The number of benzene rings is 2. The van der Waals surface area contributed by atoms with Crippen molar-refractivity contribution >= 4 is 45.6 Å². The zero-order valence-corrected chi connectivity index (χ0v) is 18.0. The molecular weight excluding hydrogens is 408 g/mol. The smallest absolute Gasteiger partial charge is 0.310 e. The van der Waals surface area contributed by atoms with Crippen LogP contribution in [0.25, 0.3) is 0 Å². The maximum absolute atomic E-state index is 12.3. The molecule has 0 atom stereocenters. The minimum absolute atomic E-state index is 0.0401. The molecule has 0 spiro atoms. The second-order valence-corrected chi connectivity index (χ2v) is 7.94. The van der Waals surface area contributed by atoms with Crippen LogP contribution in [0.2, 0.25) is 5.02 Å². The van der Waals surface area contributed by atoms with E-state index in [1.807, 2.05) is 44.2 Å². The maximum Gasteiger partial charge on any atom is 0.310 e. The molecule has 0 saturated carbocycles. The molecule has 5 nitrogen and oxygen atoms in total. The third-order valence-electron chi connectivity index (χ3n) is 4.31. The number of aryl methyl sites for hydroxylation is 2. The summed E-state index contributed by atoms with van der Waals surface area (Å²) in [5.41, 5.74) is 4.21. The van der Waals surface area contributed by atoms with Crippen molar-refractivity contribution in [1.82, 2.24) is 4.98 Å². The number of carbonyl (C=O) groups excluding carboxylic acids is 2. The van der Waals surface area contributed by atoms with Gasteiger partial charge in [0.15, 0.2) is 5.13 Å². The third-order valence-corrected chi connectivity index (χ3v) is 5.56. The van der Waals surface area contributed by atoms with Crippen LogP contribution < -0.4 is 4.90 Å². The van der Waals surface area contributed by atoms with E-state index in [-0.39, 0.29) is 24.9 Å².